The molecule has 1 N–H and O–H groups in total. The summed E-state index contributed by atoms with van der Waals surface area (Å²) in [6, 6.07) is 5.16. The molecule has 2 aliphatic rings. The van der Waals surface area contributed by atoms with Crippen LogP contribution in [0.3, 0.4) is 0 Å². The zero-order valence-electron chi connectivity index (χ0n) is 12.2. The quantitative estimate of drug-likeness (QED) is 0.886. The molecule has 0 amide bonds. The molecular weight excluding hydrogens is 253 g/mol. The van der Waals surface area contributed by atoms with Gasteiger partial charge < -0.3 is 10.0 Å². The van der Waals surface area contributed by atoms with Crippen LogP contribution in [0, 0.1) is 17.7 Å². The van der Waals surface area contributed by atoms with E-state index in [9.17, 15) is 9.50 Å². The normalized spacial score (nSPS) is 28.1. The largest absolute Gasteiger partial charge is 0.389 e. The summed E-state index contributed by atoms with van der Waals surface area (Å²) >= 11 is 0. The molecule has 0 radical (unpaired) electrons. The summed E-state index contributed by atoms with van der Waals surface area (Å²) in [5, 5.41) is 9.52. The number of piperidine rings is 1. The summed E-state index contributed by atoms with van der Waals surface area (Å²) in [6.07, 6.45) is 5.96. The van der Waals surface area contributed by atoms with Gasteiger partial charge in [0.25, 0.3) is 0 Å². The van der Waals surface area contributed by atoms with Gasteiger partial charge in [0.15, 0.2) is 0 Å². The molecule has 1 heterocycles. The fourth-order valence-electron chi connectivity index (χ4n) is 3.86. The molecule has 3 atom stereocenters. The van der Waals surface area contributed by atoms with Crippen LogP contribution in [0.15, 0.2) is 18.2 Å². The van der Waals surface area contributed by atoms with E-state index < -0.39 is 6.10 Å². The average Bonchev–Trinajstić information content (AvgIpc) is 2.46. The third-order valence-electron chi connectivity index (χ3n) is 5.09. The van der Waals surface area contributed by atoms with E-state index in [1.807, 2.05) is 12.1 Å². The molecule has 3 rings (SSSR count). The number of hydrogen-bond acceptors (Lipinski definition) is 2. The van der Waals surface area contributed by atoms with Gasteiger partial charge in [-0.25, -0.2) is 4.39 Å². The molecule has 1 aromatic carbocycles. The highest BCUT2D eigenvalue weighted by molar-refractivity contribution is 5.50. The second kappa shape index (κ2) is 5.72. The summed E-state index contributed by atoms with van der Waals surface area (Å²) in [7, 11) is 0. The standard InChI is InChI=1S/C17H24FNO/c1-12(20)14-6-7-17(16(18)10-14)19-9-8-13-4-2-3-5-15(13)11-19/h6-7,10,12-13,15,20H,2-5,8-9,11H2,1H3. The number of anilines is 1. The van der Waals surface area contributed by atoms with Crippen LogP contribution in [0.2, 0.25) is 0 Å². The van der Waals surface area contributed by atoms with Gasteiger partial charge in [-0.2, -0.15) is 0 Å². The van der Waals surface area contributed by atoms with E-state index in [4.69, 9.17) is 0 Å². The number of benzene rings is 1. The van der Waals surface area contributed by atoms with Gasteiger partial charge in [0.1, 0.15) is 5.82 Å². The molecule has 0 aromatic heterocycles. The summed E-state index contributed by atoms with van der Waals surface area (Å²) in [5.41, 5.74) is 1.36. The van der Waals surface area contributed by atoms with Crippen molar-refractivity contribution in [1.29, 1.82) is 0 Å². The highest BCUT2D eigenvalue weighted by Gasteiger charge is 2.31. The molecule has 1 aliphatic carbocycles. The molecule has 20 heavy (non-hydrogen) atoms. The van der Waals surface area contributed by atoms with Crippen molar-refractivity contribution >= 4 is 5.69 Å². The van der Waals surface area contributed by atoms with Crippen LogP contribution in [0.5, 0.6) is 0 Å². The highest BCUT2D eigenvalue weighted by atomic mass is 19.1. The van der Waals surface area contributed by atoms with Gasteiger partial charge in [-0.3, -0.25) is 0 Å². The van der Waals surface area contributed by atoms with Gasteiger partial charge in [0, 0.05) is 13.1 Å². The molecule has 3 heteroatoms. The predicted octanol–water partition coefficient (Wildman–Crippen LogP) is 3.90. The minimum absolute atomic E-state index is 0.197. The van der Waals surface area contributed by atoms with Crippen LogP contribution >= 0.6 is 0 Å². The van der Waals surface area contributed by atoms with Crippen molar-refractivity contribution in [3.8, 4) is 0 Å². The molecule has 1 aliphatic heterocycles. The van der Waals surface area contributed by atoms with Crippen molar-refractivity contribution in [1.82, 2.24) is 0 Å². The average molecular weight is 277 g/mol. The minimum atomic E-state index is -0.609. The Morgan fingerprint density at radius 2 is 1.95 bits per heavy atom. The first-order valence-corrected chi connectivity index (χ1v) is 7.87. The highest BCUT2D eigenvalue weighted by Crippen LogP contribution is 2.38. The maximum Gasteiger partial charge on any atom is 0.146 e. The van der Waals surface area contributed by atoms with Crippen LogP contribution in [0.4, 0.5) is 10.1 Å². The number of halogens is 1. The summed E-state index contributed by atoms with van der Waals surface area (Å²) < 4.78 is 14.3. The fourth-order valence-corrected chi connectivity index (χ4v) is 3.86. The Morgan fingerprint density at radius 1 is 1.20 bits per heavy atom. The predicted molar refractivity (Wildman–Crippen MR) is 79.3 cm³/mol. The molecule has 3 unspecified atom stereocenters. The number of hydrogen-bond donors (Lipinski definition) is 1. The SMILES string of the molecule is CC(O)c1ccc(N2CCC3CCCCC3C2)c(F)c1. The third-order valence-corrected chi connectivity index (χ3v) is 5.09. The zero-order valence-corrected chi connectivity index (χ0v) is 12.2. The molecule has 110 valence electrons. The van der Waals surface area contributed by atoms with Gasteiger partial charge in [-0.1, -0.05) is 25.3 Å². The maximum atomic E-state index is 14.3. The van der Waals surface area contributed by atoms with E-state index >= 15 is 0 Å². The lowest BCUT2D eigenvalue weighted by molar-refractivity contribution is 0.198. The lowest BCUT2D eigenvalue weighted by atomic mass is 9.75. The number of fused-ring (bicyclic) bond motifs is 1. The van der Waals surface area contributed by atoms with E-state index in [0.29, 0.717) is 11.3 Å². The molecule has 2 fully saturated rings. The molecule has 1 aromatic rings. The Bertz CT molecular complexity index is 474. The third kappa shape index (κ3) is 2.69. The first-order chi connectivity index (χ1) is 9.65. The van der Waals surface area contributed by atoms with E-state index in [1.54, 1.807) is 6.92 Å². The van der Waals surface area contributed by atoms with Crippen LogP contribution in [0.1, 0.15) is 50.7 Å². The first-order valence-electron chi connectivity index (χ1n) is 7.87. The molecule has 0 spiro atoms. The van der Waals surface area contributed by atoms with Crippen molar-refractivity contribution in [2.45, 2.75) is 45.1 Å². The second-order valence-electron chi connectivity index (χ2n) is 6.43. The van der Waals surface area contributed by atoms with Crippen molar-refractivity contribution < 1.29 is 9.50 Å². The smallest absolute Gasteiger partial charge is 0.146 e. The lowest BCUT2D eigenvalue weighted by Crippen LogP contribution is -2.42. The summed E-state index contributed by atoms with van der Waals surface area (Å²) in [5.74, 6) is 1.41. The second-order valence-corrected chi connectivity index (χ2v) is 6.43. The summed E-state index contributed by atoms with van der Waals surface area (Å²) in [4.78, 5) is 2.20. The maximum absolute atomic E-state index is 14.3. The van der Waals surface area contributed by atoms with Crippen molar-refractivity contribution in [2.75, 3.05) is 18.0 Å². The van der Waals surface area contributed by atoms with Crippen molar-refractivity contribution in [3.05, 3.63) is 29.6 Å². The topological polar surface area (TPSA) is 23.5 Å². The first kappa shape index (κ1) is 13.9. The van der Waals surface area contributed by atoms with E-state index in [2.05, 4.69) is 4.90 Å². The molecule has 1 saturated carbocycles. The number of aliphatic hydroxyl groups excluding tert-OH is 1. The fraction of sp³-hybridized carbons (Fsp3) is 0.647. The van der Waals surface area contributed by atoms with Gasteiger partial charge in [0.2, 0.25) is 0 Å². The van der Waals surface area contributed by atoms with Crippen LogP contribution in [-0.4, -0.2) is 18.2 Å². The molecular formula is C17H24FNO. The zero-order chi connectivity index (χ0) is 14.1. The number of rotatable bonds is 2. The van der Waals surface area contributed by atoms with E-state index in [0.717, 1.165) is 24.9 Å². The Balaban J connectivity index is 1.76. The Labute approximate surface area is 120 Å². The van der Waals surface area contributed by atoms with E-state index in [-0.39, 0.29) is 5.82 Å². The Kier molecular flexibility index (Phi) is 3.97. The number of aliphatic hydroxyl groups is 1. The Morgan fingerprint density at radius 3 is 2.65 bits per heavy atom. The van der Waals surface area contributed by atoms with Crippen molar-refractivity contribution in [3.63, 3.8) is 0 Å². The van der Waals surface area contributed by atoms with Crippen LogP contribution in [-0.2, 0) is 0 Å². The Hall–Kier alpha value is -1.09. The van der Waals surface area contributed by atoms with Crippen molar-refractivity contribution in [2.24, 2.45) is 11.8 Å². The monoisotopic (exact) mass is 277 g/mol. The van der Waals surface area contributed by atoms with Gasteiger partial charge in [-0.05, 0) is 49.3 Å². The van der Waals surface area contributed by atoms with Gasteiger partial charge >= 0.3 is 0 Å². The molecule has 1 saturated heterocycles. The number of nitrogens with zero attached hydrogens (tertiary/aromatic N) is 1. The van der Waals surface area contributed by atoms with Gasteiger partial charge in [0.05, 0.1) is 11.8 Å². The minimum Gasteiger partial charge on any atom is -0.389 e. The molecule has 0 bridgehead atoms. The molecule has 2 nitrogen and oxygen atoms in total. The lowest BCUT2D eigenvalue weighted by Gasteiger charge is -2.42. The summed E-state index contributed by atoms with van der Waals surface area (Å²) in [6.45, 7) is 3.63. The van der Waals surface area contributed by atoms with Crippen LogP contribution in [0.25, 0.3) is 0 Å². The van der Waals surface area contributed by atoms with E-state index in [1.165, 1.54) is 38.2 Å². The van der Waals surface area contributed by atoms with Crippen LogP contribution < -0.4 is 4.90 Å². The van der Waals surface area contributed by atoms with Gasteiger partial charge in [-0.15, -0.1) is 0 Å².